The van der Waals surface area contributed by atoms with Crippen LogP contribution in [0.25, 0.3) is 11.3 Å². The molecule has 0 aliphatic carbocycles. The number of aryl methyl sites for hydroxylation is 1. The van der Waals surface area contributed by atoms with Crippen molar-refractivity contribution in [2.45, 2.75) is 18.4 Å². The van der Waals surface area contributed by atoms with Crippen LogP contribution in [0.15, 0.2) is 29.2 Å². The number of imidazole rings is 1. The maximum atomic E-state index is 5.67. The number of rotatable bonds is 3. The topological polar surface area (TPSA) is 43.8 Å². The Labute approximate surface area is 106 Å². The lowest BCUT2D eigenvalue weighted by Crippen LogP contribution is -2.05. The van der Waals surface area contributed by atoms with Crippen molar-refractivity contribution in [3.05, 3.63) is 35.8 Å². The molecule has 0 aliphatic heterocycles. The van der Waals surface area contributed by atoms with Gasteiger partial charge in [-0.25, -0.2) is 4.98 Å². The molecule has 0 amide bonds. The Morgan fingerprint density at radius 1 is 1.29 bits per heavy atom. The fourth-order valence-electron chi connectivity index (χ4n) is 2.03. The maximum absolute atomic E-state index is 5.67. The second kappa shape index (κ2) is 4.94. The van der Waals surface area contributed by atoms with E-state index in [4.69, 9.17) is 5.73 Å². The van der Waals surface area contributed by atoms with Crippen molar-refractivity contribution >= 4 is 11.8 Å². The van der Waals surface area contributed by atoms with Crippen molar-refractivity contribution in [1.29, 1.82) is 0 Å². The standard InChI is InChI=1S/C13H17N3S/c1-9-13(16(2)12(8-14)15-9)10-4-6-11(17-3)7-5-10/h4-7H,8,14H2,1-3H3. The summed E-state index contributed by atoms with van der Waals surface area (Å²) in [5.41, 5.74) is 9.04. The zero-order valence-corrected chi connectivity index (χ0v) is 11.2. The van der Waals surface area contributed by atoms with E-state index in [-0.39, 0.29) is 0 Å². The first-order valence-corrected chi connectivity index (χ1v) is 6.76. The molecule has 0 atom stereocenters. The van der Waals surface area contributed by atoms with Gasteiger partial charge in [0.05, 0.1) is 17.9 Å². The van der Waals surface area contributed by atoms with Gasteiger partial charge in [0.15, 0.2) is 0 Å². The molecule has 1 heterocycles. The molecule has 1 aromatic heterocycles. The van der Waals surface area contributed by atoms with E-state index in [9.17, 15) is 0 Å². The van der Waals surface area contributed by atoms with Gasteiger partial charge in [-0.2, -0.15) is 0 Å². The average Bonchev–Trinajstić information content (AvgIpc) is 2.64. The molecule has 0 spiro atoms. The van der Waals surface area contributed by atoms with E-state index in [0.29, 0.717) is 6.54 Å². The van der Waals surface area contributed by atoms with Crippen LogP contribution in [0.5, 0.6) is 0 Å². The van der Waals surface area contributed by atoms with E-state index in [1.807, 2.05) is 14.0 Å². The van der Waals surface area contributed by atoms with Gasteiger partial charge in [-0.1, -0.05) is 12.1 Å². The SMILES string of the molecule is CSc1ccc(-c2c(C)nc(CN)n2C)cc1. The lowest BCUT2D eigenvalue weighted by molar-refractivity contribution is 0.798. The fraction of sp³-hybridized carbons (Fsp3) is 0.308. The molecule has 4 heteroatoms. The zero-order chi connectivity index (χ0) is 12.4. The minimum absolute atomic E-state index is 0.472. The summed E-state index contributed by atoms with van der Waals surface area (Å²) in [6.07, 6.45) is 2.08. The second-order valence-electron chi connectivity index (χ2n) is 3.95. The number of nitrogens with two attached hydrogens (primary N) is 1. The highest BCUT2D eigenvalue weighted by Crippen LogP contribution is 2.26. The van der Waals surface area contributed by atoms with Crippen molar-refractivity contribution in [2.75, 3.05) is 6.26 Å². The summed E-state index contributed by atoms with van der Waals surface area (Å²) in [5, 5.41) is 0. The second-order valence-corrected chi connectivity index (χ2v) is 4.83. The van der Waals surface area contributed by atoms with Crippen molar-refractivity contribution in [3.8, 4) is 11.3 Å². The van der Waals surface area contributed by atoms with Crippen LogP contribution in [0.3, 0.4) is 0 Å². The Morgan fingerprint density at radius 3 is 2.41 bits per heavy atom. The molecule has 0 saturated carbocycles. The molecule has 0 radical (unpaired) electrons. The van der Waals surface area contributed by atoms with Gasteiger partial charge >= 0.3 is 0 Å². The number of nitrogens with zero attached hydrogens (tertiary/aromatic N) is 2. The molecular formula is C13H17N3S. The van der Waals surface area contributed by atoms with E-state index in [1.54, 1.807) is 11.8 Å². The van der Waals surface area contributed by atoms with E-state index >= 15 is 0 Å². The Morgan fingerprint density at radius 2 is 1.94 bits per heavy atom. The fourth-order valence-corrected chi connectivity index (χ4v) is 2.44. The monoisotopic (exact) mass is 247 g/mol. The molecule has 0 aliphatic rings. The first-order chi connectivity index (χ1) is 8.17. The van der Waals surface area contributed by atoms with E-state index in [0.717, 1.165) is 17.2 Å². The summed E-state index contributed by atoms with van der Waals surface area (Å²) in [6.45, 7) is 2.50. The Kier molecular flexibility index (Phi) is 3.54. The predicted octanol–water partition coefficient (Wildman–Crippen LogP) is 2.58. The van der Waals surface area contributed by atoms with Gasteiger partial charge in [0.25, 0.3) is 0 Å². The summed E-state index contributed by atoms with van der Waals surface area (Å²) >= 11 is 1.75. The van der Waals surface area contributed by atoms with E-state index in [2.05, 4.69) is 40.1 Å². The molecule has 0 unspecified atom stereocenters. The summed E-state index contributed by atoms with van der Waals surface area (Å²) in [7, 11) is 2.01. The van der Waals surface area contributed by atoms with Crippen molar-refractivity contribution in [2.24, 2.45) is 12.8 Å². The Hall–Kier alpha value is -1.26. The molecule has 90 valence electrons. The number of thioether (sulfide) groups is 1. The van der Waals surface area contributed by atoms with Crippen LogP contribution in [-0.2, 0) is 13.6 Å². The molecule has 0 bridgehead atoms. The number of aromatic nitrogens is 2. The number of benzene rings is 1. The number of hydrogen-bond acceptors (Lipinski definition) is 3. The molecule has 0 fully saturated rings. The van der Waals surface area contributed by atoms with Crippen molar-refractivity contribution in [3.63, 3.8) is 0 Å². The summed E-state index contributed by atoms with van der Waals surface area (Å²) < 4.78 is 2.07. The molecular weight excluding hydrogens is 230 g/mol. The lowest BCUT2D eigenvalue weighted by Gasteiger charge is -2.06. The van der Waals surface area contributed by atoms with Gasteiger partial charge in [-0.15, -0.1) is 11.8 Å². The highest BCUT2D eigenvalue weighted by Gasteiger charge is 2.11. The first kappa shape index (κ1) is 12.2. The molecule has 3 nitrogen and oxygen atoms in total. The quantitative estimate of drug-likeness (QED) is 0.848. The molecule has 2 rings (SSSR count). The molecule has 2 N–H and O–H groups in total. The Balaban J connectivity index is 2.48. The third kappa shape index (κ3) is 2.23. The van der Waals surface area contributed by atoms with Gasteiger partial charge in [0.2, 0.25) is 0 Å². The van der Waals surface area contributed by atoms with Crippen LogP contribution in [0.4, 0.5) is 0 Å². The normalized spacial score (nSPS) is 10.8. The van der Waals surface area contributed by atoms with Gasteiger partial charge in [-0.05, 0) is 25.3 Å². The third-order valence-electron chi connectivity index (χ3n) is 2.91. The minimum atomic E-state index is 0.472. The van der Waals surface area contributed by atoms with E-state index in [1.165, 1.54) is 10.5 Å². The van der Waals surface area contributed by atoms with Gasteiger partial charge in [-0.3, -0.25) is 0 Å². The summed E-state index contributed by atoms with van der Waals surface area (Å²) in [4.78, 5) is 5.75. The van der Waals surface area contributed by atoms with Crippen LogP contribution >= 0.6 is 11.8 Å². The number of hydrogen-bond donors (Lipinski definition) is 1. The summed E-state index contributed by atoms with van der Waals surface area (Å²) in [6, 6.07) is 8.54. The Bertz CT molecular complexity index is 514. The maximum Gasteiger partial charge on any atom is 0.122 e. The molecule has 17 heavy (non-hydrogen) atoms. The van der Waals surface area contributed by atoms with Gasteiger partial charge < -0.3 is 10.3 Å². The van der Waals surface area contributed by atoms with Crippen LogP contribution in [0, 0.1) is 6.92 Å². The largest absolute Gasteiger partial charge is 0.330 e. The smallest absolute Gasteiger partial charge is 0.122 e. The van der Waals surface area contributed by atoms with Crippen LogP contribution < -0.4 is 5.73 Å². The zero-order valence-electron chi connectivity index (χ0n) is 10.4. The van der Waals surface area contributed by atoms with Crippen molar-refractivity contribution in [1.82, 2.24) is 9.55 Å². The molecule has 1 aromatic carbocycles. The third-order valence-corrected chi connectivity index (χ3v) is 3.65. The molecule has 0 saturated heterocycles. The van der Waals surface area contributed by atoms with Gasteiger partial charge in [0, 0.05) is 17.5 Å². The van der Waals surface area contributed by atoms with Gasteiger partial charge in [0.1, 0.15) is 5.82 Å². The van der Waals surface area contributed by atoms with E-state index < -0.39 is 0 Å². The van der Waals surface area contributed by atoms with Crippen LogP contribution in [-0.4, -0.2) is 15.8 Å². The highest BCUT2D eigenvalue weighted by atomic mass is 32.2. The van der Waals surface area contributed by atoms with Crippen LogP contribution in [0.2, 0.25) is 0 Å². The van der Waals surface area contributed by atoms with Crippen LogP contribution in [0.1, 0.15) is 11.5 Å². The highest BCUT2D eigenvalue weighted by molar-refractivity contribution is 7.98. The lowest BCUT2D eigenvalue weighted by atomic mass is 10.1. The predicted molar refractivity (Wildman–Crippen MR) is 73.1 cm³/mol. The first-order valence-electron chi connectivity index (χ1n) is 5.54. The summed E-state index contributed by atoms with van der Waals surface area (Å²) in [5.74, 6) is 0.923. The average molecular weight is 247 g/mol. The molecule has 2 aromatic rings. The van der Waals surface area contributed by atoms with Crippen molar-refractivity contribution < 1.29 is 0 Å². The minimum Gasteiger partial charge on any atom is -0.330 e.